The van der Waals surface area contributed by atoms with Crippen LogP contribution >= 0.6 is 0 Å². The number of hydrogen-bond donors (Lipinski definition) is 2. The van der Waals surface area contributed by atoms with Gasteiger partial charge in [-0.15, -0.1) is 0 Å². The summed E-state index contributed by atoms with van der Waals surface area (Å²) >= 11 is 0. The Balaban J connectivity index is 6.04. The normalized spacial score (nSPS) is 15.7. The number of esters is 1. The molecule has 31 heavy (non-hydrogen) atoms. The van der Waals surface area contributed by atoms with E-state index in [-0.39, 0.29) is 0 Å². The largest absolute Gasteiger partial charge is 0.466 e. The van der Waals surface area contributed by atoms with Crippen molar-refractivity contribution in [2.45, 2.75) is 35.7 Å². The number of nitrogens with one attached hydrogen (secondary N) is 1. The second kappa shape index (κ2) is 8.77. The van der Waals surface area contributed by atoms with Crippen LogP contribution in [0.5, 0.6) is 0 Å². The lowest BCUT2D eigenvalue weighted by Crippen LogP contribution is -2.61. The van der Waals surface area contributed by atoms with E-state index in [2.05, 4.69) is 16.1 Å². The summed E-state index contributed by atoms with van der Waals surface area (Å²) in [6.07, 6.45) is -14.6. The van der Waals surface area contributed by atoms with Crippen LogP contribution in [0, 0.1) is 0 Å². The quantitative estimate of drug-likeness (QED) is 0.163. The van der Waals surface area contributed by atoms with Crippen molar-refractivity contribution in [3.05, 3.63) is 12.2 Å². The molecule has 0 saturated heterocycles. The highest BCUT2D eigenvalue weighted by Gasteiger charge is 2.68. The maximum Gasteiger partial charge on any atom is 0.466 e. The molecule has 0 fully saturated rings. The molecule has 0 aliphatic carbocycles. The SMILES string of the molecule is C=C(C(=O)OC(OCCC(F)(F)C(F)(F)S(=O)(=O)O)(C(=O)NC)C(F)(F)F)C(F)(F)F. The minimum absolute atomic E-state index is 0.416. The average Bonchev–Trinajstić information content (AvgIpc) is 2.55. The summed E-state index contributed by atoms with van der Waals surface area (Å²) in [6, 6.07) is 0. The van der Waals surface area contributed by atoms with Gasteiger partial charge < -0.3 is 14.8 Å². The average molecular weight is 503 g/mol. The summed E-state index contributed by atoms with van der Waals surface area (Å²) in [5, 5.41) is -5.08. The van der Waals surface area contributed by atoms with Crippen molar-refractivity contribution in [1.29, 1.82) is 0 Å². The lowest BCUT2D eigenvalue weighted by molar-refractivity contribution is -0.350. The third-order valence-electron chi connectivity index (χ3n) is 3.20. The van der Waals surface area contributed by atoms with Crippen LogP contribution in [0.25, 0.3) is 0 Å². The molecule has 0 radical (unpaired) electrons. The van der Waals surface area contributed by atoms with Crippen LogP contribution in [-0.4, -0.2) is 67.8 Å². The van der Waals surface area contributed by atoms with E-state index in [0.29, 0.717) is 7.05 Å². The van der Waals surface area contributed by atoms with Crippen molar-refractivity contribution >= 4 is 22.0 Å². The zero-order chi connectivity index (χ0) is 25.3. The van der Waals surface area contributed by atoms with Gasteiger partial charge in [0.2, 0.25) is 0 Å². The molecule has 8 nitrogen and oxygen atoms in total. The van der Waals surface area contributed by atoms with E-state index < -0.39 is 69.9 Å². The van der Waals surface area contributed by atoms with E-state index in [1.54, 1.807) is 0 Å². The number of carbonyl (C=O) groups is 2. The fraction of sp³-hybridized carbons (Fsp3) is 0.667. The van der Waals surface area contributed by atoms with Crippen molar-refractivity contribution < 1.29 is 75.9 Å². The minimum Gasteiger partial charge on any atom is -0.412 e. The van der Waals surface area contributed by atoms with Crippen LogP contribution in [0.15, 0.2) is 12.2 Å². The smallest absolute Gasteiger partial charge is 0.412 e. The second-order valence-electron chi connectivity index (χ2n) is 5.35. The molecule has 0 heterocycles. The van der Waals surface area contributed by atoms with Gasteiger partial charge in [-0.05, 0) is 0 Å². The Morgan fingerprint density at radius 1 is 1.00 bits per heavy atom. The van der Waals surface area contributed by atoms with Crippen molar-refractivity contribution in [2.75, 3.05) is 13.7 Å². The molecule has 1 atom stereocenters. The molecule has 182 valence electrons. The monoisotopic (exact) mass is 503 g/mol. The number of likely N-dealkylation sites (N-methyl/N-ethyl adjacent to an activating group) is 1. The van der Waals surface area contributed by atoms with Crippen molar-refractivity contribution in [3.8, 4) is 0 Å². The number of halogens is 10. The minimum atomic E-state index is -6.78. The zero-order valence-corrected chi connectivity index (χ0v) is 15.5. The van der Waals surface area contributed by atoms with E-state index in [9.17, 15) is 61.9 Å². The Morgan fingerprint density at radius 2 is 1.45 bits per heavy atom. The van der Waals surface area contributed by atoms with Crippen LogP contribution in [0.2, 0.25) is 0 Å². The zero-order valence-electron chi connectivity index (χ0n) is 14.7. The van der Waals surface area contributed by atoms with E-state index in [4.69, 9.17) is 4.55 Å². The topological polar surface area (TPSA) is 119 Å². The standard InChI is InChI=1S/C12H11F10NO7S/c1-5(10(15,16)17)6(24)30-9(7(25)23-2,11(18,19)20)29-4-3-8(13,14)12(21,22)31(26,27)28/h1,3-4H2,2H3,(H,23,25)(H,26,27,28). The Bertz CT molecular complexity index is 821. The number of carbonyl (C=O) groups excluding carboxylic acids is 2. The summed E-state index contributed by atoms with van der Waals surface area (Å²) in [5.41, 5.74) is -2.59. The van der Waals surface area contributed by atoms with Gasteiger partial charge in [0.05, 0.1) is 6.61 Å². The molecule has 19 heteroatoms. The Hall–Kier alpha value is -2.15. The predicted molar refractivity (Wildman–Crippen MR) is 76.2 cm³/mol. The first-order valence-corrected chi connectivity index (χ1v) is 8.57. The first-order valence-electron chi connectivity index (χ1n) is 7.13. The van der Waals surface area contributed by atoms with Crippen molar-refractivity contribution in [2.24, 2.45) is 0 Å². The van der Waals surface area contributed by atoms with Gasteiger partial charge in [0.25, 0.3) is 0 Å². The molecule has 2 N–H and O–H groups in total. The van der Waals surface area contributed by atoms with E-state index in [1.165, 1.54) is 0 Å². The number of ether oxygens (including phenoxy) is 2. The fourth-order valence-corrected chi connectivity index (χ4v) is 2.02. The van der Waals surface area contributed by atoms with Gasteiger partial charge in [-0.3, -0.25) is 9.35 Å². The maximum absolute atomic E-state index is 13.4. The summed E-state index contributed by atoms with van der Waals surface area (Å²) in [5.74, 6) is -16.4. The summed E-state index contributed by atoms with van der Waals surface area (Å²) in [4.78, 5) is 22.9. The summed E-state index contributed by atoms with van der Waals surface area (Å²) < 4.78 is 166. The van der Waals surface area contributed by atoms with Crippen LogP contribution in [0.1, 0.15) is 6.42 Å². The van der Waals surface area contributed by atoms with Crippen LogP contribution in [0.3, 0.4) is 0 Å². The molecule has 0 aromatic heterocycles. The molecule has 1 unspecified atom stereocenters. The van der Waals surface area contributed by atoms with Crippen molar-refractivity contribution in [1.82, 2.24) is 5.32 Å². The van der Waals surface area contributed by atoms with Crippen LogP contribution in [0.4, 0.5) is 43.9 Å². The van der Waals surface area contributed by atoms with Gasteiger partial charge in [-0.25, -0.2) is 4.79 Å². The number of hydrogen-bond acceptors (Lipinski definition) is 6. The first-order chi connectivity index (χ1) is 13.5. The molecular weight excluding hydrogens is 492 g/mol. The molecule has 0 rings (SSSR count). The van der Waals surface area contributed by atoms with Gasteiger partial charge in [-0.1, -0.05) is 6.58 Å². The van der Waals surface area contributed by atoms with E-state index >= 15 is 0 Å². The highest BCUT2D eigenvalue weighted by molar-refractivity contribution is 7.87. The summed E-state index contributed by atoms with van der Waals surface area (Å²) in [7, 11) is -6.37. The highest BCUT2D eigenvalue weighted by atomic mass is 32.2. The first kappa shape index (κ1) is 28.9. The van der Waals surface area contributed by atoms with Crippen LogP contribution < -0.4 is 5.32 Å². The predicted octanol–water partition coefficient (Wildman–Crippen LogP) is 2.18. The highest BCUT2D eigenvalue weighted by Crippen LogP contribution is 2.42. The third-order valence-corrected chi connectivity index (χ3v) is 4.14. The van der Waals surface area contributed by atoms with Crippen LogP contribution in [-0.2, 0) is 29.2 Å². The van der Waals surface area contributed by atoms with E-state index in [0.717, 1.165) is 5.32 Å². The molecule has 1 amide bonds. The number of rotatable bonds is 9. The Labute approximate surface area is 165 Å². The van der Waals surface area contributed by atoms with Gasteiger partial charge in [0, 0.05) is 13.5 Å². The molecule has 0 bridgehead atoms. The Kier molecular flexibility index (Phi) is 8.16. The lowest BCUT2D eigenvalue weighted by atomic mass is 10.2. The van der Waals surface area contributed by atoms with Gasteiger partial charge >= 0.3 is 51.3 Å². The molecule has 0 aromatic rings. The van der Waals surface area contributed by atoms with Gasteiger partial charge in [0.15, 0.2) is 0 Å². The molecule has 0 spiro atoms. The Morgan fingerprint density at radius 3 is 1.77 bits per heavy atom. The van der Waals surface area contributed by atoms with Crippen molar-refractivity contribution in [3.63, 3.8) is 0 Å². The fourth-order valence-electron chi connectivity index (χ4n) is 1.54. The molecular formula is C12H11F10NO7S. The molecule has 0 aliphatic heterocycles. The maximum atomic E-state index is 13.4. The van der Waals surface area contributed by atoms with Gasteiger partial charge in [-0.2, -0.15) is 52.3 Å². The third kappa shape index (κ3) is 5.97. The van der Waals surface area contributed by atoms with Gasteiger partial charge in [0.1, 0.15) is 5.57 Å². The number of alkyl halides is 10. The number of amides is 1. The molecule has 0 aliphatic rings. The molecule has 0 saturated carbocycles. The van der Waals surface area contributed by atoms with E-state index in [1.807, 2.05) is 0 Å². The lowest BCUT2D eigenvalue weighted by Gasteiger charge is -2.33. The second-order valence-corrected chi connectivity index (χ2v) is 6.82. The molecule has 0 aromatic carbocycles. The summed E-state index contributed by atoms with van der Waals surface area (Å²) in [6.45, 7) is -0.248.